The standard InChI is InChI=1S/C14H13N3O3/c1-20-10-4-5-11(13(15)18)12(7-10)17-14(19)9-3-2-6-16-8-9/h2-8H,1H3,(H2,15,18)(H,17,19). The molecular formula is C14H13N3O3. The third-order valence-corrected chi connectivity index (χ3v) is 2.66. The molecule has 20 heavy (non-hydrogen) atoms. The average Bonchev–Trinajstić information content (AvgIpc) is 2.47. The molecule has 0 atom stereocenters. The minimum Gasteiger partial charge on any atom is -0.497 e. The van der Waals surface area contributed by atoms with Crippen molar-refractivity contribution in [2.45, 2.75) is 0 Å². The molecule has 102 valence electrons. The first-order valence-corrected chi connectivity index (χ1v) is 5.81. The highest BCUT2D eigenvalue weighted by Crippen LogP contribution is 2.22. The van der Waals surface area contributed by atoms with Gasteiger partial charge in [0.25, 0.3) is 11.8 Å². The highest BCUT2D eigenvalue weighted by atomic mass is 16.5. The molecule has 1 heterocycles. The molecule has 2 aromatic rings. The van der Waals surface area contributed by atoms with Gasteiger partial charge < -0.3 is 15.8 Å². The van der Waals surface area contributed by atoms with Gasteiger partial charge in [0.05, 0.1) is 23.9 Å². The van der Waals surface area contributed by atoms with E-state index >= 15 is 0 Å². The van der Waals surface area contributed by atoms with E-state index in [2.05, 4.69) is 10.3 Å². The van der Waals surface area contributed by atoms with E-state index in [1.54, 1.807) is 24.4 Å². The smallest absolute Gasteiger partial charge is 0.257 e. The molecule has 6 heteroatoms. The zero-order valence-corrected chi connectivity index (χ0v) is 10.8. The quantitative estimate of drug-likeness (QED) is 0.879. The molecule has 3 N–H and O–H groups in total. The first-order valence-electron chi connectivity index (χ1n) is 5.81. The van der Waals surface area contributed by atoms with Crippen molar-refractivity contribution in [1.29, 1.82) is 0 Å². The van der Waals surface area contributed by atoms with E-state index in [0.717, 1.165) is 0 Å². The van der Waals surface area contributed by atoms with Crippen LogP contribution in [0.2, 0.25) is 0 Å². The fourth-order valence-electron chi connectivity index (χ4n) is 1.66. The minimum atomic E-state index is -0.630. The number of carbonyl (C=O) groups is 2. The molecule has 0 aliphatic rings. The number of pyridine rings is 1. The van der Waals surface area contributed by atoms with Gasteiger partial charge in [0.1, 0.15) is 5.75 Å². The molecule has 6 nitrogen and oxygen atoms in total. The van der Waals surface area contributed by atoms with Crippen molar-refractivity contribution in [2.75, 3.05) is 12.4 Å². The summed E-state index contributed by atoms with van der Waals surface area (Å²) in [5, 5.41) is 2.62. The second kappa shape index (κ2) is 5.83. The number of anilines is 1. The molecule has 0 unspecified atom stereocenters. The zero-order valence-electron chi connectivity index (χ0n) is 10.8. The van der Waals surface area contributed by atoms with Crippen molar-refractivity contribution in [1.82, 2.24) is 4.98 Å². The second-order valence-electron chi connectivity index (χ2n) is 3.97. The van der Waals surface area contributed by atoms with Crippen molar-refractivity contribution in [3.05, 3.63) is 53.9 Å². The van der Waals surface area contributed by atoms with Crippen LogP contribution in [0.4, 0.5) is 5.69 Å². The Hall–Kier alpha value is -2.89. The third-order valence-electron chi connectivity index (χ3n) is 2.66. The summed E-state index contributed by atoms with van der Waals surface area (Å²) < 4.78 is 5.06. The summed E-state index contributed by atoms with van der Waals surface area (Å²) in [7, 11) is 1.49. The topological polar surface area (TPSA) is 94.3 Å². The van der Waals surface area contributed by atoms with Crippen LogP contribution >= 0.6 is 0 Å². The summed E-state index contributed by atoms with van der Waals surface area (Å²) in [6, 6.07) is 7.90. The fourth-order valence-corrected chi connectivity index (χ4v) is 1.66. The van der Waals surface area contributed by atoms with Gasteiger partial charge in [-0.15, -0.1) is 0 Å². The van der Waals surface area contributed by atoms with Crippen LogP contribution < -0.4 is 15.8 Å². The molecule has 0 spiro atoms. The Kier molecular flexibility index (Phi) is 3.95. The number of primary amides is 1. The van der Waals surface area contributed by atoms with Gasteiger partial charge >= 0.3 is 0 Å². The Morgan fingerprint density at radius 3 is 2.70 bits per heavy atom. The normalized spacial score (nSPS) is 9.85. The minimum absolute atomic E-state index is 0.211. The lowest BCUT2D eigenvalue weighted by molar-refractivity contribution is 0.100. The number of hydrogen-bond acceptors (Lipinski definition) is 4. The van der Waals surface area contributed by atoms with Crippen LogP contribution in [0.15, 0.2) is 42.7 Å². The molecule has 1 aromatic heterocycles. The fraction of sp³-hybridized carbons (Fsp3) is 0.0714. The highest BCUT2D eigenvalue weighted by Gasteiger charge is 2.13. The Labute approximate surface area is 115 Å². The van der Waals surface area contributed by atoms with E-state index in [0.29, 0.717) is 17.0 Å². The number of carbonyl (C=O) groups excluding carboxylic acids is 2. The maximum Gasteiger partial charge on any atom is 0.257 e. The van der Waals surface area contributed by atoms with E-state index in [4.69, 9.17) is 10.5 Å². The van der Waals surface area contributed by atoms with Gasteiger partial charge in [0, 0.05) is 18.5 Å². The van der Waals surface area contributed by atoms with Crippen LogP contribution in [0.5, 0.6) is 5.75 Å². The SMILES string of the molecule is COc1ccc(C(N)=O)c(NC(=O)c2cccnc2)c1. The van der Waals surface area contributed by atoms with Gasteiger partial charge in [0.15, 0.2) is 0 Å². The Bertz CT molecular complexity index is 641. The Morgan fingerprint density at radius 1 is 1.30 bits per heavy atom. The van der Waals surface area contributed by atoms with E-state index in [-0.39, 0.29) is 11.5 Å². The van der Waals surface area contributed by atoms with Crippen molar-refractivity contribution in [3.63, 3.8) is 0 Å². The number of benzene rings is 1. The van der Waals surface area contributed by atoms with Crippen molar-refractivity contribution >= 4 is 17.5 Å². The number of aromatic nitrogens is 1. The van der Waals surface area contributed by atoms with Gasteiger partial charge in [-0.1, -0.05) is 0 Å². The number of methoxy groups -OCH3 is 1. The number of nitrogens with zero attached hydrogens (tertiary/aromatic N) is 1. The predicted octanol–water partition coefficient (Wildman–Crippen LogP) is 1.44. The zero-order chi connectivity index (χ0) is 14.5. The van der Waals surface area contributed by atoms with E-state index in [9.17, 15) is 9.59 Å². The van der Waals surface area contributed by atoms with Gasteiger partial charge in [-0.2, -0.15) is 0 Å². The first kappa shape index (κ1) is 13.5. The summed E-state index contributed by atoms with van der Waals surface area (Å²) in [5.74, 6) is -0.500. The maximum absolute atomic E-state index is 12.0. The lowest BCUT2D eigenvalue weighted by atomic mass is 10.1. The molecule has 2 rings (SSSR count). The molecule has 0 saturated carbocycles. The van der Waals surface area contributed by atoms with E-state index < -0.39 is 5.91 Å². The van der Waals surface area contributed by atoms with Gasteiger partial charge in [-0.25, -0.2) is 0 Å². The van der Waals surface area contributed by atoms with Crippen LogP contribution in [0, 0.1) is 0 Å². The average molecular weight is 271 g/mol. The van der Waals surface area contributed by atoms with Crippen LogP contribution in [0.1, 0.15) is 20.7 Å². The van der Waals surface area contributed by atoms with Crippen molar-refractivity contribution in [3.8, 4) is 5.75 Å². The molecule has 1 aromatic carbocycles. The molecule has 2 amide bonds. The summed E-state index contributed by atoms with van der Waals surface area (Å²) in [5.41, 5.74) is 6.17. The summed E-state index contributed by atoms with van der Waals surface area (Å²) in [6.07, 6.45) is 3.00. The molecule has 0 saturated heterocycles. The molecule has 0 radical (unpaired) electrons. The number of amides is 2. The molecule has 0 aliphatic carbocycles. The van der Waals surface area contributed by atoms with E-state index in [1.165, 1.54) is 25.4 Å². The molecule has 0 bridgehead atoms. The lowest BCUT2D eigenvalue weighted by Crippen LogP contribution is -2.18. The summed E-state index contributed by atoms with van der Waals surface area (Å²) in [4.78, 5) is 27.3. The monoisotopic (exact) mass is 271 g/mol. The van der Waals surface area contributed by atoms with E-state index in [1.807, 2.05) is 0 Å². The number of ether oxygens (including phenoxy) is 1. The Balaban J connectivity index is 2.32. The number of nitrogens with two attached hydrogens (primary N) is 1. The van der Waals surface area contributed by atoms with Gasteiger partial charge in [-0.3, -0.25) is 14.6 Å². The van der Waals surface area contributed by atoms with Gasteiger partial charge in [0.2, 0.25) is 0 Å². The predicted molar refractivity (Wildman–Crippen MR) is 73.7 cm³/mol. The molecule has 0 aliphatic heterocycles. The van der Waals surface area contributed by atoms with Crippen molar-refractivity contribution in [2.24, 2.45) is 5.73 Å². The third kappa shape index (κ3) is 2.92. The number of hydrogen-bond donors (Lipinski definition) is 2. The number of nitrogens with one attached hydrogen (secondary N) is 1. The Morgan fingerprint density at radius 2 is 2.10 bits per heavy atom. The van der Waals surface area contributed by atoms with Crippen LogP contribution in [-0.4, -0.2) is 23.9 Å². The summed E-state index contributed by atoms with van der Waals surface area (Å²) >= 11 is 0. The van der Waals surface area contributed by atoms with Crippen molar-refractivity contribution < 1.29 is 14.3 Å². The number of rotatable bonds is 4. The molecule has 0 fully saturated rings. The second-order valence-corrected chi connectivity index (χ2v) is 3.97. The summed E-state index contributed by atoms with van der Waals surface area (Å²) in [6.45, 7) is 0. The molecular weight excluding hydrogens is 258 g/mol. The van der Waals surface area contributed by atoms with Crippen LogP contribution in [0.25, 0.3) is 0 Å². The maximum atomic E-state index is 12.0. The van der Waals surface area contributed by atoms with Gasteiger partial charge in [-0.05, 0) is 24.3 Å². The van der Waals surface area contributed by atoms with Crippen LogP contribution in [0.3, 0.4) is 0 Å². The highest BCUT2D eigenvalue weighted by molar-refractivity contribution is 6.08. The lowest BCUT2D eigenvalue weighted by Gasteiger charge is -2.10. The first-order chi connectivity index (χ1) is 9.61. The van der Waals surface area contributed by atoms with Crippen LogP contribution in [-0.2, 0) is 0 Å². The largest absolute Gasteiger partial charge is 0.497 e.